The van der Waals surface area contributed by atoms with Gasteiger partial charge in [0.1, 0.15) is 27.7 Å². The number of hydrogen-bond donors (Lipinski definition) is 1. The SMILES string of the molecule is CCC(Cl)=Nc1c(-c2cccs2)cccc1S(=O)(=O)N[C@H](CCCc1ncn(C(c2ccccc2)(c2ccccc2)c2ccccc2)c1C)C(=O)N1CC[C@H](CC)C[C@H]1C(=O)OCC(C)(C)C. The Bertz CT molecular complexity index is 2640. The number of aromatic nitrogens is 2. The molecule has 1 amide bonds. The van der Waals surface area contributed by atoms with Gasteiger partial charge in [0.25, 0.3) is 0 Å². The average Bonchev–Trinajstić information content (AvgIpc) is 4.01. The molecule has 0 saturated carbocycles. The third-order valence-corrected chi connectivity index (χ3v) is 15.4. The van der Waals surface area contributed by atoms with Crippen LogP contribution in [0.5, 0.6) is 0 Å². The second-order valence-electron chi connectivity index (χ2n) is 18.5. The molecular weight excluding hydrogens is 898 g/mol. The number of thiophene rings is 1. The predicted octanol–water partition coefficient (Wildman–Crippen LogP) is 11.7. The number of ether oxygens (including phenoxy) is 1. The third-order valence-electron chi connectivity index (χ3n) is 12.6. The first-order valence-electron chi connectivity index (χ1n) is 23.3. The number of carbonyl (C=O) groups is 2. The molecule has 1 fully saturated rings. The summed E-state index contributed by atoms with van der Waals surface area (Å²) in [7, 11) is -4.43. The van der Waals surface area contributed by atoms with Gasteiger partial charge >= 0.3 is 5.97 Å². The van der Waals surface area contributed by atoms with Crippen LogP contribution < -0.4 is 4.72 Å². The van der Waals surface area contributed by atoms with Crippen LogP contribution in [-0.2, 0) is 36.3 Å². The lowest BCUT2D eigenvalue weighted by atomic mass is 9.76. The number of aryl methyl sites for hydroxylation is 1. The summed E-state index contributed by atoms with van der Waals surface area (Å²) in [6.45, 7) is 12.4. The molecule has 0 bridgehead atoms. The van der Waals surface area contributed by atoms with E-state index in [1.807, 2.05) is 112 Å². The van der Waals surface area contributed by atoms with Crippen LogP contribution in [0.1, 0.15) is 101 Å². The van der Waals surface area contributed by atoms with Crippen molar-refractivity contribution in [1.82, 2.24) is 19.2 Å². The van der Waals surface area contributed by atoms with Crippen LogP contribution in [0, 0.1) is 18.3 Å². The highest BCUT2D eigenvalue weighted by atomic mass is 35.5. The molecular formula is C54H62ClN5O5S2. The number of sulfonamides is 1. The number of nitrogens with zero attached hydrogens (tertiary/aromatic N) is 4. The molecule has 0 spiro atoms. The summed E-state index contributed by atoms with van der Waals surface area (Å²) in [4.78, 5) is 41.0. The Labute approximate surface area is 405 Å². The molecule has 1 aliphatic heterocycles. The van der Waals surface area contributed by atoms with Gasteiger partial charge < -0.3 is 14.2 Å². The first-order valence-corrected chi connectivity index (χ1v) is 26.0. The summed E-state index contributed by atoms with van der Waals surface area (Å²) >= 11 is 8.00. The van der Waals surface area contributed by atoms with E-state index in [9.17, 15) is 13.2 Å². The van der Waals surface area contributed by atoms with E-state index in [4.69, 9.17) is 21.3 Å². The molecule has 13 heteroatoms. The Kier molecular flexibility index (Phi) is 16.0. The van der Waals surface area contributed by atoms with Crippen LogP contribution >= 0.6 is 22.9 Å². The Hall–Kier alpha value is -5.40. The number of halogens is 1. The van der Waals surface area contributed by atoms with Gasteiger partial charge in [-0.1, -0.05) is 162 Å². The molecule has 1 saturated heterocycles. The topological polar surface area (TPSA) is 123 Å². The quantitative estimate of drug-likeness (QED) is 0.0520. The Morgan fingerprint density at radius 3 is 2.07 bits per heavy atom. The van der Waals surface area contributed by atoms with Crippen molar-refractivity contribution in [3.05, 3.63) is 161 Å². The molecule has 1 aliphatic rings. The minimum atomic E-state index is -4.43. The second-order valence-corrected chi connectivity index (χ2v) is 21.6. The predicted molar refractivity (Wildman–Crippen MR) is 271 cm³/mol. The zero-order valence-corrected chi connectivity index (χ0v) is 41.7. The molecule has 3 atom stereocenters. The molecule has 0 aliphatic carbocycles. The van der Waals surface area contributed by atoms with Crippen LogP contribution in [0.25, 0.3) is 10.4 Å². The third kappa shape index (κ3) is 11.2. The minimum Gasteiger partial charge on any atom is -0.464 e. The standard InChI is InChI=1S/C54H62ClN5O5S2/c1-7-39-32-33-59(46(35-39)52(62)65-36-53(4,5)6)51(61)45(58-67(63,64)48-31-18-27-43(47-30-20-34-66-47)50(48)57-49(55)8-2)29-19-28-44-38(3)60(37-56-44)54(40-21-12-9-13-22-40,41-23-14-10-15-24-41)42-25-16-11-17-26-42/h9-18,20-27,30-31,34,37,39,45-46,58H,7-8,19,28-29,32-33,35-36H2,1-6H3/t39-,45+,46-/m0/s1. The summed E-state index contributed by atoms with van der Waals surface area (Å²) in [6, 6.07) is 37.9. The minimum absolute atomic E-state index is 0.0951. The number of para-hydroxylation sites is 1. The lowest BCUT2D eigenvalue weighted by Gasteiger charge is -2.40. The fourth-order valence-corrected chi connectivity index (χ4v) is 11.3. The monoisotopic (exact) mass is 959 g/mol. The van der Waals surface area contributed by atoms with Crippen molar-refractivity contribution in [2.45, 2.75) is 109 Å². The van der Waals surface area contributed by atoms with E-state index in [1.165, 1.54) is 17.4 Å². The normalized spacial score (nSPS) is 16.5. The Morgan fingerprint density at radius 1 is 0.896 bits per heavy atom. The number of amides is 1. The number of carbonyl (C=O) groups excluding carboxylic acids is 2. The lowest BCUT2D eigenvalue weighted by Crippen LogP contribution is -2.57. The molecule has 352 valence electrons. The number of nitrogens with one attached hydrogen (secondary N) is 1. The highest BCUT2D eigenvalue weighted by Gasteiger charge is 2.42. The van der Waals surface area contributed by atoms with Gasteiger partial charge in [-0.2, -0.15) is 4.72 Å². The molecule has 0 unspecified atom stereocenters. The van der Waals surface area contributed by atoms with Crippen LogP contribution in [0.4, 0.5) is 5.69 Å². The number of esters is 1. The first kappa shape index (κ1) is 49.5. The van der Waals surface area contributed by atoms with Crippen molar-refractivity contribution in [2.75, 3.05) is 13.2 Å². The number of rotatable bonds is 18. The van der Waals surface area contributed by atoms with Crippen LogP contribution in [0.2, 0.25) is 0 Å². The zero-order chi connectivity index (χ0) is 47.8. The number of aliphatic imine (C=N–C) groups is 1. The van der Waals surface area contributed by atoms with Gasteiger partial charge in [0.05, 0.1) is 24.3 Å². The molecule has 1 N–H and O–H groups in total. The molecule has 7 rings (SSSR count). The molecule has 3 heterocycles. The van der Waals surface area contributed by atoms with Crippen LogP contribution in [0.15, 0.2) is 143 Å². The molecule has 10 nitrogen and oxygen atoms in total. The van der Waals surface area contributed by atoms with E-state index in [0.29, 0.717) is 44.2 Å². The van der Waals surface area contributed by atoms with Gasteiger partial charge in [-0.05, 0) is 91.0 Å². The van der Waals surface area contributed by atoms with E-state index in [0.717, 1.165) is 39.4 Å². The van der Waals surface area contributed by atoms with E-state index in [1.54, 1.807) is 11.0 Å². The van der Waals surface area contributed by atoms with Crippen LogP contribution in [-0.4, -0.2) is 65.2 Å². The number of likely N-dealkylation sites (tertiary alicyclic amines) is 1. The smallest absolute Gasteiger partial charge is 0.328 e. The van der Waals surface area contributed by atoms with E-state index < -0.39 is 39.5 Å². The summed E-state index contributed by atoms with van der Waals surface area (Å²) in [5.41, 5.74) is 4.70. The Balaban J connectivity index is 1.26. The van der Waals surface area contributed by atoms with Crippen molar-refractivity contribution in [3.63, 3.8) is 0 Å². The van der Waals surface area contributed by atoms with Crippen molar-refractivity contribution >= 4 is 55.7 Å². The van der Waals surface area contributed by atoms with E-state index in [2.05, 4.69) is 64.5 Å². The van der Waals surface area contributed by atoms with E-state index >= 15 is 4.79 Å². The van der Waals surface area contributed by atoms with E-state index in [-0.39, 0.29) is 40.1 Å². The Morgan fingerprint density at radius 2 is 1.52 bits per heavy atom. The summed E-state index contributed by atoms with van der Waals surface area (Å²) in [5.74, 6) is -0.735. The fourth-order valence-electron chi connectivity index (χ4n) is 9.11. The van der Waals surface area contributed by atoms with Crippen molar-refractivity contribution in [3.8, 4) is 10.4 Å². The maximum Gasteiger partial charge on any atom is 0.328 e. The van der Waals surface area contributed by atoms with Gasteiger partial charge in [-0.15, -0.1) is 11.3 Å². The maximum absolute atomic E-state index is 15.1. The highest BCUT2D eigenvalue weighted by Crippen LogP contribution is 2.43. The molecule has 0 radical (unpaired) electrons. The van der Waals surface area contributed by atoms with Gasteiger partial charge in [0.15, 0.2) is 0 Å². The average molecular weight is 961 g/mol. The second kappa shape index (κ2) is 21.7. The highest BCUT2D eigenvalue weighted by molar-refractivity contribution is 7.89. The van der Waals surface area contributed by atoms with Gasteiger partial charge in [0.2, 0.25) is 15.9 Å². The number of piperidine rings is 1. The number of benzene rings is 4. The summed E-state index contributed by atoms with van der Waals surface area (Å²) < 4.78 is 40.7. The first-order chi connectivity index (χ1) is 32.2. The molecule has 4 aromatic carbocycles. The largest absolute Gasteiger partial charge is 0.464 e. The molecule has 67 heavy (non-hydrogen) atoms. The van der Waals surface area contributed by atoms with Gasteiger partial charge in [-0.25, -0.2) is 23.2 Å². The van der Waals surface area contributed by atoms with Crippen molar-refractivity contribution < 1.29 is 22.7 Å². The fraction of sp³-hybridized carbons (Fsp3) is 0.370. The summed E-state index contributed by atoms with van der Waals surface area (Å²) in [5, 5.41) is 2.16. The zero-order valence-electron chi connectivity index (χ0n) is 39.3. The van der Waals surface area contributed by atoms with Gasteiger partial charge in [0, 0.05) is 22.7 Å². The molecule has 6 aromatic rings. The summed E-state index contributed by atoms with van der Waals surface area (Å²) in [6.07, 6.45) is 5.22. The van der Waals surface area contributed by atoms with Crippen molar-refractivity contribution in [2.24, 2.45) is 16.3 Å². The van der Waals surface area contributed by atoms with Gasteiger partial charge in [-0.3, -0.25) is 4.79 Å². The van der Waals surface area contributed by atoms with Crippen molar-refractivity contribution in [1.29, 1.82) is 0 Å². The number of imidazole rings is 1. The number of hydrogen-bond acceptors (Lipinski definition) is 8. The molecule has 2 aromatic heterocycles. The lowest BCUT2D eigenvalue weighted by molar-refractivity contribution is -0.160. The maximum atomic E-state index is 15.1. The van der Waals surface area contributed by atoms with Crippen LogP contribution in [0.3, 0.4) is 0 Å².